The van der Waals surface area contributed by atoms with E-state index in [1.165, 1.54) is 12.1 Å². The van der Waals surface area contributed by atoms with E-state index < -0.39 is 5.82 Å². The molecule has 2 rings (SSSR count). The first kappa shape index (κ1) is 15.0. The van der Waals surface area contributed by atoms with Crippen molar-refractivity contribution in [1.29, 1.82) is 0 Å². The van der Waals surface area contributed by atoms with Gasteiger partial charge in [0, 0.05) is 12.6 Å². The van der Waals surface area contributed by atoms with Gasteiger partial charge in [0.25, 0.3) is 0 Å². The molecule has 1 N–H and O–H groups in total. The van der Waals surface area contributed by atoms with E-state index in [-0.39, 0.29) is 5.02 Å². The Kier molecular flexibility index (Phi) is 5.14. The van der Waals surface area contributed by atoms with Gasteiger partial charge in [-0.15, -0.1) is 0 Å². The van der Waals surface area contributed by atoms with Crippen LogP contribution in [-0.4, -0.2) is 16.5 Å². The van der Waals surface area contributed by atoms with Crippen LogP contribution in [0.4, 0.5) is 10.3 Å². The Bertz CT molecular complexity index is 612. The second kappa shape index (κ2) is 6.85. The Hall–Kier alpha value is -1.40. The molecular formula is C13H12BrClFN3O. The smallest absolute Gasteiger partial charge is 0.238 e. The van der Waals surface area contributed by atoms with Crippen LogP contribution >= 0.6 is 27.5 Å². The summed E-state index contributed by atoms with van der Waals surface area (Å²) >= 11 is 8.91. The predicted molar refractivity (Wildman–Crippen MR) is 80.0 cm³/mol. The molecule has 0 aliphatic carbocycles. The SMILES string of the molecule is CCCNc1ncc(Br)c(Oc2ccc(Cl)c(F)c2)n1. The number of ether oxygens (including phenoxy) is 1. The Balaban J connectivity index is 2.20. The number of anilines is 1. The predicted octanol–water partition coefficient (Wildman–Crippen LogP) is 4.65. The largest absolute Gasteiger partial charge is 0.438 e. The highest BCUT2D eigenvalue weighted by molar-refractivity contribution is 9.10. The molecule has 1 heterocycles. The standard InChI is InChI=1S/C13H12BrClFN3O/c1-2-5-17-13-18-7-9(14)12(19-13)20-8-3-4-10(15)11(16)6-8/h3-4,6-7H,2,5H2,1H3,(H,17,18,19). The Morgan fingerprint density at radius 2 is 2.25 bits per heavy atom. The molecule has 0 amide bonds. The van der Waals surface area contributed by atoms with Crippen LogP contribution in [0.25, 0.3) is 0 Å². The van der Waals surface area contributed by atoms with Crippen molar-refractivity contribution in [3.05, 3.63) is 39.7 Å². The topological polar surface area (TPSA) is 47.0 Å². The lowest BCUT2D eigenvalue weighted by Gasteiger charge is -2.09. The van der Waals surface area contributed by atoms with Gasteiger partial charge in [-0.2, -0.15) is 4.98 Å². The van der Waals surface area contributed by atoms with E-state index in [0.29, 0.717) is 22.1 Å². The van der Waals surface area contributed by atoms with Crippen molar-refractivity contribution in [2.75, 3.05) is 11.9 Å². The molecule has 0 aliphatic heterocycles. The molecule has 20 heavy (non-hydrogen) atoms. The molecule has 0 saturated heterocycles. The number of nitrogens with zero attached hydrogens (tertiary/aromatic N) is 2. The average molecular weight is 361 g/mol. The van der Waals surface area contributed by atoms with Gasteiger partial charge in [0.05, 0.1) is 15.7 Å². The molecule has 4 nitrogen and oxygen atoms in total. The van der Waals surface area contributed by atoms with Crippen molar-refractivity contribution in [3.8, 4) is 11.6 Å². The van der Waals surface area contributed by atoms with Crippen LogP contribution in [0.3, 0.4) is 0 Å². The van der Waals surface area contributed by atoms with Crippen LogP contribution in [0, 0.1) is 5.82 Å². The summed E-state index contributed by atoms with van der Waals surface area (Å²) in [5, 5.41) is 3.10. The molecule has 2 aromatic rings. The van der Waals surface area contributed by atoms with Crippen LogP contribution in [0.1, 0.15) is 13.3 Å². The number of rotatable bonds is 5. The van der Waals surface area contributed by atoms with Crippen LogP contribution in [0.15, 0.2) is 28.9 Å². The average Bonchev–Trinajstić information content (AvgIpc) is 2.44. The number of hydrogen-bond donors (Lipinski definition) is 1. The Labute approximate surface area is 129 Å². The zero-order valence-electron chi connectivity index (χ0n) is 10.7. The maximum absolute atomic E-state index is 13.4. The zero-order valence-corrected chi connectivity index (χ0v) is 13.0. The van der Waals surface area contributed by atoms with E-state index in [0.717, 1.165) is 13.0 Å². The van der Waals surface area contributed by atoms with Crippen molar-refractivity contribution in [1.82, 2.24) is 9.97 Å². The van der Waals surface area contributed by atoms with E-state index in [1.54, 1.807) is 12.3 Å². The number of aromatic nitrogens is 2. The van der Waals surface area contributed by atoms with Crippen LogP contribution in [0.2, 0.25) is 5.02 Å². The fourth-order valence-corrected chi connectivity index (χ4v) is 1.79. The fraction of sp³-hybridized carbons (Fsp3) is 0.231. The lowest BCUT2D eigenvalue weighted by Crippen LogP contribution is -2.05. The van der Waals surface area contributed by atoms with Gasteiger partial charge in [0.15, 0.2) is 0 Å². The molecule has 0 saturated carbocycles. The highest BCUT2D eigenvalue weighted by Gasteiger charge is 2.09. The summed E-state index contributed by atoms with van der Waals surface area (Å²) in [6.07, 6.45) is 2.53. The van der Waals surface area contributed by atoms with Gasteiger partial charge in [0.1, 0.15) is 11.6 Å². The minimum atomic E-state index is -0.543. The van der Waals surface area contributed by atoms with Gasteiger partial charge in [0.2, 0.25) is 11.8 Å². The molecule has 1 aromatic heterocycles. The second-order valence-corrected chi connectivity index (χ2v) is 5.21. The first-order valence-electron chi connectivity index (χ1n) is 5.99. The van der Waals surface area contributed by atoms with Crippen molar-refractivity contribution in [3.63, 3.8) is 0 Å². The van der Waals surface area contributed by atoms with Crippen LogP contribution in [-0.2, 0) is 0 Å². The molecule has 0 unspecified atom stereocenters. The maximum Gasteiger partial charge on any atom is 0.238 e. The molecule has 0 fully saturated rings. The minimum Gasteiger partial charge on any atom is -0.438 e. The number of hydrogen-bond acceptors (Lipinski definition) is 4. The molecule has 0 aliphatic rings. The maximum atomic E-state index is 13.4. The summed E-state index contributed by atoms with van der Waals surface area (Å²) in [6, 6.07) is 4.20. The third-order valence-electron chi connectivity index (χ3n) is 2.35. The quantitative estimate of drug-likeness (QED) is 0.843. The second-order valence-electron chi connectivity index (χ2n) is 3.95. The summed E-state index contributed by atoms with van der Waals surface area (Å²) in [4.78, 5) is 8.32. The first-order chi connectivity index (χ1) is 9.60. The van der Waals surface area contributed by atoms with Crippen molar-refractivity contribution < 1.29 is 9.13 Å². The zero-order chi connectivity index (χ0) is 14.5. The van der Waals surface area contributed by atoms with Gasteiger partial charge < -0.3 is 10.1 Å². The third-order valence-corrected chi connectivity index (χ3v) is 3.20. The van der Waals surface area contributed by atoms with E-state index in [4.69, 9.17) is 16.3 Å². The number of benzene rings is 1. The Morgan fingerprint density at radius 1 is 1.45 bits per heavy atom. The number of halogens is 3. The molecular weight excluding hydrogens is 349 g/mol. The summed E-state index contributed by atoms with van der Waals surface area (Å²) < 4.78 is 19.5. The highest BCUT2D eigenvalue weighted by Crippen LogP contribution is 2.29. The third kappa shape index (κ3) is 3.80. The molecule has 0 spiro atoms. The van der Waals surface area contributed by atoms with Crippen LogP contribution in [0.5, 0.6) is 11.6 Å². The molecule has 106 valence electrons. The van der Waals surface area contributed by atoms with E-state index in [1.807, 2.05) is 6.92 Å². The summed E-state index contributed by atoms with van der Waals surface area (Å²) in [5.74, 6) is 0.534. The van der Waals surface area contributed by atoms with Crippen molar-refractivity contribution in [2.24, 2.45) is 0 Å². The molecule has 1 aromatic carbocycles. The summed E-state index contributed by atoms with van der Waals surface area (Å²) in [5.41, 5.74) is 0. The van der Waals surface area contributed by atoms with Crippen molar-refractivity contribution in [2.45, 2.75) is 13.3 Å². The highest BCUT2D eigenvalue weighted by atomic mass is 79.9. The Morgan fingerprint density at radius 3 is 2.95 bits per heavy atom. The lowest BCUT2D eigenvalue weighted by molar-refractivity contribution is 0.454. The van der Waals surface area contributed by atoms with Crippen LogP contribution < -0.4 is 10.1 Å². The fourth-order valence-electron chi connectivity index (χ4n) is 1.40. The van der Waals surface area contributed by atoms with Gasteiger partial charge in [-0.3, -0.25) is 0 Å². The lowest BCUT2D eigenvalue weighted by atomic mass is 10.3. The van der Waals surface area contributed by atoms with Gasteiger partial charge in [-0.05, 0) is 34.5 Å². The van der Waals surface area contributed by atoms with Gasteiger partial charge in [-0.25, -0.2) is 9.37 Å². The normalized spacial score (nSPS) is 10.4. The molecule has 0 atom stereocenters. The first-order valence-corrected chi connectivity index (χ1v) is 7.16. The molecule has 7 heteroatoms. The van der Waals surface area contributed by atoms with E-state index in [9.17, 15) is 4.39 Å². The summed E-state index contributed by atoms with van der Waals surface area (Å²) in [6.45, 7) is 2.80. The van der Waals surface area contributed by atoms with E-state index in [2.05, 4.69) is 31.2 Å². The molecule has 0 radical (unpaired) electrons. The molecule has 0 bridgehead atoms. The monoisotopic (exact) mass is 359 g/mol. The number of nitrogens with one attached hydrogen (secondary N) is 1. The summed E-state index contributed by atoms with van der Waals surface area (Å²) in [7, 11) is 0. The minimum absolute atomic E-state index is 0.0457. The van der Waals surface area contributed by atoms with E-state index >= 15 is 0 Å². The van der Waals surface area contributed by atoms with Gasteiger partial charge in [-0.1, -0.05) is 18.5 Å². The van der Waals surface area contributed by atoms with Gasteiger partial charge >= 0.3 is 0 Å². The van der Waals surface area contributed by atoms with Crippen molar-refractivity contribution >= 4 is 33.5 Å².